The number of carbonyl (C=O) groups is 2. The van der Waals surface area contributed by atoms with Crippen molar-refractivity contribution in [3.8, 4) is 0 Å². The van der Waals surface area contributed by atoms with Crippen molar-refractivity contribution in [3.05, 3.63) is 72.9 Å². The Hall–Kier alpha value is -2.55. The van der Waals surface area contributed by atoms with Gasteiger partial charge in [0, 0.05) is 19.4 Å². The van der Waals surface area contributed by atoms with Crippen molar-refractivity contribution < 1.29 is 37.6 Å². The molecule has 10 heteroatoms. The van der Waals surface area contributed by atoms with Crippen LogP contribution in [0.5, 0.6) is 0 Å². The Labute approximate surface area is 424 Å². The molecular weight excluding hydrogens is 882 g/mol. The van der Waals surface area contributed by atoms with Gasteiger partial charge in [0.05, 0.1) is 13.2 Å². The Morgan fingerprint density at radius 1 is 0.449 bits per heavy atom. The summed E-state index contributed by atoms with van der Waals surface area (Å²) in [5, 5.41) is 0. The highest BCUT2D eigenvalue weighted by Crippen LogP contribution is 2.43. The lowest BCUT2D eigenvalue weighted by molar-refractivity contribution is -0.161. The SMILES string of the molecule is CC/C=C\C/C=C\C/C=C\C/C=C\CCCCC(=O)OC(COC(=O)CCCCCCCCCCCCCCCCCCCCCCC/C=C\C/C=C\CCCCCCC)COP(=O)(O)OCCN. The summed E-state index contributed by atoms with van der Waals surface area (Å²) in [6, 6.07) is 0. The number of allylic oxidation sites excluding steroid dienone is 12. The molecule has 0 aliphatic rings. The van der Waals surface area contributed by atoms with Gasteiger partial charge in [0.25, 0.3) is 0 Å². The van der Waals surface area contributed by atoms with E-state index < -0.39 is 32.5 Å². The smallest absolute Gasteiger partial charge is 0.462 e. The van der Waals surface area contributed by atoms with Gasteiger partial charge in [0.15, 0.2) is 6.10 Å². The molecular formula is C59H106NO8P. The molecule has 0 rings (SSSR count). The number of phosphoric ester groups is 1. The number of rotatable bonds is 53. The Bertz CT molecular complexity index is 1360. The van der Waals surface area contributed by atoms with Crippen LogP contribution in [0.4, 0.5) is 0 Å². The van der Waals surface area contributed by atoms with Crippen molar-refractivity contribution >= 4 is 19.8 Å². The second kappa shape index (κ2) is 54.8. The molecule has 0 spiro atoms. The number of unbranched alkanes of at least 4 members (excludes halogenated alkanes) is 28. The van der Waals surface area contributed by atoms with Crippen LogP contribution in [0.25, 0.3) is 0 Å². The molecule has 0 heterocycles. The molecule has 0 saturated carbocycles. The minimum absolute atomic E-state index is 0.0447. The Morgan fingerprint density at radius 2 is 0.797 bits per heavy atom. The number of hydrogen-bond donors (Lipinski definition) is 2. The first kappa shape index (κ1) is 66.5. The van der Waals surface area contributed by atoms with Gasteiger partial charge in [0.2, 0.25) is 0 Å². The molecule has 0 aromatic rings. The monoisotopic (exact) mass is 988 g/mol. The topological polar surface area (TPSA) is 134 Å². The molecule has 0 radical (unpaired) electrons. The summed E-state index contributed by atoms with van der Waals surface area (Å²) >= 11 is 0. The molecule has 0 bridgehead atoms. The van der Waals surface area contributed by atoms with Crippen LogP contribution in [0.3, 0.4) is 0 Å². The van der Waals surface area contributed by atoms with Crippen molar-refractivity contribution in [2.24, 2.45) is 5.73 Å². The lowest BCUT2D eigenvalue weighted by Gasteiger charge is -2.19. The summed E-state index contributed by atoms with van der Waals surface area (Å²) < 4.78 is 32.9. The molecule has 0 amide bonds. The molecule has 2 atom stereocenters. The van der Waals surface area contributed by atoms with E-state index >= 15 is 0 Å². The van der Waals surface area contributed by atoms with Crippen molar-refractivity contribution in [2.75, 3.05) is 26.4 Å². The minimum Gasteiger partial charge on any atom is -0.462 e. The Kier molecular flexibility index (Phi) is 52.8. The first-order valence-electron chi connectivity index (χ1n) is 28.4. The molecule has 0 saturated heterocycles. The zero-order valence-electron chi connectivity index (χ0n) is 44.5. The lowest BCUT2D eigenvalue weighted by Crippen LogP contribution is -2.29. The molecule has 0 aliphatic carbocycles. The highest BCUT2D eigenvalue weighted by Gasteiger charge is 2.26. The number of ether oxygens (including phenoxy) is 2. The van der Waals surface area contributed by atoms with E-state index in [0.717, 1.165) is 64.2 Å². The molecule has 0 fully saturated rings. The van der Waals surface area contributed by atoms with E-state index in [9.17, 15) is 19.0 Å². The quantitative estimate of drug-likeness (QED) is 0.0264. The van der Waals surface area contributed by atoms with Crippen molar-refractivity contribution in [2.45, 2.75) is 264 Å². The van der Waals surface area contributed by atoms with Crippen LogP contribution < -0.4 is 5.73 Å². The zero-order chi connectivity index (χ0) is 50.2. The zero-order valence-corrected chi connectivity index (χ0v) is 45.4. The van der Waals surface area contributed by atoms with Crippen LogP contribution in [-0.4, -0.2) is 49.3 Å². The number of phosphoric acid groups is 1. The standard InChI is InChI=1S/C59H106NO8P/c1-3-5-7-9-11-13-15-17-19-20-21-22-23-24-25-26-27-28-29-30-31-32-33-34-35-36-38-39-41-43-45-47-49-51-58(61)65-55-57(56-67-69(63,64)66-54-53-60)68-59(62)52-50-48-46-44-42-40-37-18-16-14-12-10-8-6-4-2/h6,8,12,14-15,17-18,20-21,37,42,44,57H,3-5,7,9-11,13,16,19,22-36,38-41,43,45-56,60H2,1-2H3,(H,63,64)/b8-6-,14-12-,17-15-,21-20-,37-18-,44-42-. The predicted octanol–water partition coefficient (Wildman–Crippen LogP) is 17.7. The second-order valence-corrected chi connectivity index (χ2v) is 20.2. The third kappa shape index (κ3) is 54.6. The van der Waals surface area contributed by atoms with E-state index in [0.29, 0.717) is 6.42 Å². The fourth-order valence-electron chi connectivity index (χ4n) is 7.89. The van der Waals surface area contributed by atoms with Gasteiger partial charge in [0.1, 0.15) is 6.61 Å². The van der Waals surface area contributed by atoms with E-state index in [1.165, 1.54) is 161 Å². The van der Waals surface area contributed by atoms with E-state index in [4.69, 9.17) is 24.3 Å². The summed E-state index contributed by atoms with van der Waals surface area (Å²) in [5.74, 6) is -0.872. The maximum absolute atomic E-state index is 12.6. The van der Waals surface area contributed by atoms with Gasteiger partial charge >= 0.3 is 19.8 Å². The minimum atomic E-state index is -4.40. The Balaban J connectivity index is 3.88. The fraction of sp³-hybridized carbons (Fsp3) is 0.763. The third-order valence-corrected chi connectivity index (χ3v) is 13.1. The maximum Gasteiger partial charge on any atom is 0.472 e. The van der Waals surface area contributed by atoms with E-state index in [2.05, 4.69) is 86.8 Å². The van der Waals surface area contributed by atoms with Crippen LogP contribution in [0.1, 0.15) is 258 Å². The number of esters is 2. The van der Waals surface area contributed by atoms with Crippen LogP contribution in [-0.2, 0) is 32.7 Å². The van der Waals surface area contributed by atoms with Crippen molar-refractivity contribution in [1.82, 2.24) is 0 Å². The highest BCUT2D eigenvalue weighted by molar-refractivity contribution is 7.47. The van der Waals surface area contributed by atoms with Gasteiger partial charge in [-0.2, -0.15) is 0 Å². The summed E-state index contributed by atoms with van der Waals surface area (Å²) in [6.45, 7) is 3.58. The largest absolute Gasteiger partial charge is 0.472 e. The van der Waals surface area contributed by atoms with E-state index in [-0.39, 0.29) is 32.6 Å². The molecule has 0 aromatic carbocycles. The van der Waals surface area contributed by atoms with Gasteiger partial charge < -0.3 is 20.1 Å². The third-order valence-electron chi connectivity index (χ3n) is 12.1. The summed E-state index contributed by atoms with van der Waals surface area (Å²) in [4.78, 5) is 35.1. The molecule has 69 heavy (non-hydrogen) atoms. The lowest BCUT2D eigenvalue weighted by atomic mass is 10.0. The average Bonchev–Trinajstić information content (AvgIpc) is 3.34. The van der Waals surface area contributed by atoms with Crippen LogP contribution in [0.2, 0.25) is 0 Å². The van der Waals surface area contributed by atoms with Gasteiger partial charge in [-0.1, -0.05) is 234 Å². The molecule has 400 valence electrons. The maximum atomic E-state index is 12.6. The van der Waals surface area contributed by atoms with Crippen molar-refractivity contribution in [3.63, 3.8) is 0 Å². The van der Waals surface area contributed by atoms with Gasteiger partial charge in [-0.15, -0.1) is 0 Å². The van der Waals surface area contributed by atoms with Gasteiger partial charge in [-0.3, -0.25) is 18.6 Å². The van der Waals surface area contributed by atoms with Gasteiger partial charge in [-0.05, 0) is 83.5 Å². The molecule has 3 N–H and O–H groups in total. The fourth-order valence-corrected chi connectivity index (χ4v) is 8.66. The first-order chi connectivity index (χ1) is 33.8. The average molecular weight is 988 g/mol. The number of hydrogen-bond acceptors (Lipinski definition) is 8. The van der Waals surface area contributed by atoms with Crippen LogP contribution in [0, 0.1) is 0 Å². The summed E-state index contributed by atoms with van der Waals surface area (Å²) in [5.41, 5.74) is 5.37. The molecule has 2 unspecified atom stereocenters. The number of carbonyl (C=O) groups excluding carboxylic acids is 2. The summed E-state index contributed by atoms with van der Waals surface area (Å²) in [7, 11) is -4.40. The molecule has 0 aromatic heterocycles. The number of nitrogens with two attached hydrogens (primary N) is 1. The predicted molar refractivity (Wildman–Crippen MR) is 293 cm³/mol. The van der Waals surface area contributed by atoms with Gasteiger partial charge in [-0.25, -0.2) is 4.57 Å². The van der Waals surface area contributed by atoms with Crippen LogP contribution in [0.15, 0.2) is 72.9 Å². The first-order valence-corrected chi connectivity index (χ1v) is 29.9. The Morgan fingerprint density at radius 3 is 1.22 bits per heavy atom. The van der Waals surface area contributed by atoms with E-state index in [1.54, 1.807) is 0 Å². The highest BCUT2D eigenvalue weighted by atomic mass is 31.2. The van der Waals surface area contributed by atoms with Crippen LogP contribution >= 0.6 is 7.82 Å². The second-order valence-electron chi connectivity index (χ2n) is 18.8. The summed E-state index contributed by atoms with van der Waals surface area (Å²) in [6.07, 6.45) is 69.9. The van der Waals surface area contributed by atoms with Crippen molar-refractivity contribution in [1.29, 1.82) is 0 Å². The normalized spacial score (nSPS) is 13.6. The molecule has 0 aliphatic heterocycles. The van der Waals surface area contributed by atoms with E-state index in [1.807, 2.05) is 0 Å². The molecule has 9 nitrogen and oxygen atoms in total.